The number of aldehydes is 1. The Balaban J connectivity index is 0.000000194. The average molecular weight is 611 g/mol. The molecule has 0 amide bonds. The lowest BCUT2D eigenvalue weighted by Crippen LogP contribution is -2.29. The molecule has 0 saturated heterocycles. The molecule has 0 spiro atoms. The van der Waals surface area contributed by atoms with E-state index in [1.165, 1.54) is 20.3 Å². The second-order valence-corrected chi connectivity index (χ2v) is 11.4. The average Bonchev–Trinajstić information content (AvgIpc) is 3.74. The summed E-state index contributed by atoms with van der Waals surface area (Å²) in [5, 5.41) is 0. The van der Waals surface area contributed by atoms with Crippen LogP contribution in [0.25, 0.3) is 28.0 Å². The Bertz CT molecular complexity index is 1870. The Morgan fingerprint density at radius 3 is 2.11 bits per heavy atom. The summed E-state index contributed by atoms with van der Waals surface area (Å²) in [6.07, 6.45) is 6.36. The topological polar surface area (TPSA) is 120 Å². The third-order valence-electron chi connectivity index (χ3n) is 6.28. The quantitative estimate of drug-likeness (QED) is 0.200. The molecule has 3 aromatic carbocycles. The molecule has 0 saturated carbocycles. The first-order valence-electron chi connectivity index (χ1n) is 14.0. The molecule has 226 valence electrons. The summed E-state index contributed by atoms with van der Waals surface area (Å²) in [6.45, 7) is 4.43. The van der Waals surface area contributed by atoms with Crippen LogP contribution in [-0.4, -0.2) is 64.3 Å². The minimum atomic E-state index is -3.75. The third-order valence-corrected chi connectivity index (χ3v) is 7.99. The van der Waals surface area contributed by atoms with Crippen molar-refractivity contribution >= 4 is 38.9 Å². The van der Waals surface area contributed by atoms with Gasteiger partial charge in [0.2, 0.25) is 5.88 Å². The maximum absolute atomic E-state index is 12.0. The Morgan fingerprint density at radius 2 is 1.48 bits per heavy atom. The molecule has 0 fully saturated rings. The SMILES string of the molecule is C1=C(c2ccccc2)N=C(COc2cnc3ccccc3n2)C1.CC.CN(C)S(=O)(=O)n1cc(-c2ccccc2)nc1C=O. The van der Waals surface area contributed by atoms with Crippen LogP contribution in [0.2, 0.25) is 0 Å². The Morgan fingerprint density at radius 1 is 0.864 bits per heavy atom. The summed E-state index contributed by atoms with van der Waals surface area (Å²) in [5.41, 5.74) is 6.03. The Labute approximate surface area is 257 Å². The number of ether oxygens (including phenoxy) is 1. The van der Waals surface area contributed by atoms with E-state index in [0.717, 1.165) is 48.3 Å². The lowest BCUT2D eigenvalue weighted by molar-refractivity contribution is 0.111. The summed E-state index contributed by atoms with van der Waals surface area (Å²) in [5.74, 6) is 0.382. The molecule has 11 heteroatoms. The summed E-state index contributed by atoms with van der Waals surface area (Å²) >= 11 is 0. The molecule has 1 aliphatic heterocycles. The zero-order valence-corrected chi connectivity index (χ0v) is 25.8. The molecule has 44 heavy (non-hydrogen) atoms. The van der Waals surface area contributed by atoms with E-state index < -0.39 is 10.2 Å². The van der Waals surface area contributed by atoms with Gasteiger partial charge in [0.05, 0.1) is 40.5 Å². The third kappa shape index (κ3) is 7.68. The van der Waals surface area contributed by atoms with Gasteiger partial charge in [-0.3, -0.25) is 9.79 Å². The van der Waals surface area contributed by atoms with Gasteiger partial charge in [-0.15, -0.1) is 0 Å². The van der Waals surface area contributed by atoms with Crippen LogP contribution in [0, 0.1) is 0 Å². The van der Waals surface area contributed by atoms with Gasteiger partial charge >= 0.3 is 10.2 Å². The van der Waals surface area contributed by atoms with Crippen LogP contribution < -0.4 is 4.74 Å². The second-order valence-electron chi connectivity index (χ2n) is 9.38. The Kier molecular flexibility index (Phi) is 10.8. The van der Waals surface area contributed by atoms with Gasteiger partial charge in [0.15, 0.2) is 12.1 Å². The highest BCUT2D eigenvalue weighted by Crippen LogP contribution is 2.23. The van der Waals surface area contributed by atoms with Crippen LogP contribution in [0.4, 0.5) is 0 Å². The van der Waals surface area contributed by atoms with Crippen LogP contribution in [0.3, 0.4) is 0 Å². The number of carbonyl (C=O) groups is 1. The number of rotatable bonds is 8. The first kappa shape index (κ1) is 31.9. The highest BCUT2D eigenvalue weighted by Gasteiger charge is 2.22. The van der Waals surface area contributed by atoms with Crippen molar-refractivity contribution in [3.05, 3.63) is 115 Å². The van der Waals surface area contributed by atoms with Gasteiger partial charge in [0.25, 0.3) is 0 Å². The van der Waals surface area contributed by atoms with E-state index in [-0.39, 0.29) is 5.82 Å². The molecule has 0 aliphatic carbocycles. The fourth-order valence-electron chi connectivity index (χ4n) is 4.09. The zero-order valence-electron chi connectivity index (χ0n) is 25.0. The minimum Gasteiger partial charge on any atom is -0.470 e. The number of aromatic nitrogens is 4. The van der Waals surface area contributed by atoms with Crippen molar-refractivity contribution in [3.63, 3.8) is 0 Å². The first-order chi connectivity index (χ1) is 21.3. The number of hydrogen-bond donors (Lipinski definition) is 0. The van der Waals surface area contributed by atoms with Crippen LogP contribution in [-0.2, 0) is 10.2 Å². The molecule has 0 radical (unpaired) electrons. The van der Waals surface area contributed by atoms with Crippen molar-refractivity contribution in [1.82, 2.24) is 23.2 Å². The van der Waals surface area contributed by atoms with Crippen molar-refractivity contribution < 1.29 is 17.9 Å². The smallest absolute Gasteiger partial charge is 0.308 e. The minimum absolute atomic E-state index is 0.146. The summed E-state index contributed by atoms with van der Waals surface area (Å²) < 4.78 is 31.7. The largest absolute Gasteiger partial charge is 0.470 e. The molecular formula is C33H34N6O4S. The predicted molar refractivity (Wildman–Crippen MR) is 174 cm³/mol. The molecule has 0 bridgehead atoms. The molecule has 6 rings (SSSR count). The van der Waals surface area contributed by atoms with Gasteiger partial charge < -0.3 is 4.74 Å². The van der Waals surface area contributed by atoms with Crippen molar-refractivity contribution in [2.24, 2.45) is 4.99 Å². The predicted octanol–water partition coefficient (Wildman–Crippen LogP) is 5.94. The molecule has 0 N–H and O–H groups in total. The number of aliphatic imine (C=N–C) groups is 1. The summed E-state index contributed by atoms with van der Waals surface area (Å²) in [6, 6.07) is 27.0. The molecule has 10 nitrogen and oxygen atoms in total. The van der Waals surface area contributed by atoms with Crippen molar-refractivity contribution in [2.75, 3.05) is 20.7 Å². The highest BCUT2D eigenvalue weighted by atomic mass is 32.2. The fraction of sp³-hybridized carbons (Fsp3) is 0.182. The summed E-state index contributed by atoms with van der Waals surface area (Å²) in [7, 11) is -0.961. The lowest BCUT2D eigenvalue weighted by atomic mass is 10.1. The normalized spacial score (nSPS) is 12.4. The van der Waals surface area contributed by atoms with Gasteiger partial charge in [-0.1, -0.05) is 92.7 Å². The van der Waals surface area contributed by atoms with Crippen LogP contribution in [0.5, 0.6) is 5.88 Å². The van der Waals surface area contributed by atoms with Crippen molar-refractivity contribution in [1.29, 1.82) is 0 Å². The monoisotopic (exact) mass is 610 g/mol. The Hall–Kier alpha value is -5.00. The molecule has 1 aliphatic rings. The fourth-order valence-corrected chi connectivity index (χ4v) is 5.00. The van der Waals surface area contributed by atoms with Crippen LogP contribution >= 0.6 is 0 Å². The first-order valence-corrected chi connectivity index (χ1v) is 15.4. The van der Waals surface area contributed by atoms with E-state index in [9.17, 15) is 13.2 Å². The van der Waals surface area contributed by atoms with E-state index in [4.69, 9.17) is 4.74 Å². The lowest BCUT2D eigenvalue weighted by Gasteiger charge is -2.12. The molecule has 5 aromatic rings. The van der Waals surface area contributed by atoms with Crippen molar-refractivity contribution in [3.8, 4) is 17.1 Å². The second kappa shape index (κ2) is 14.9. The standard InChI is InChI=1S/C19H15N3O.C12H13N3O3S.C2H6/c1-2-6-14(7-3-1)16-11-10-15(21-16)13-23-19-12-20-17-8-4-5-9-18(17)22-19;1-14(2)19(17,18)15-8-11(13-12(15)9-16)10-6-4-3-5-7-10;1-2/h1-9,11-12H,10,13H2;3-9H,1-2H3;1-2H3. The number of fused-ring (bicyclic) bond motifs is 1. The van der Waals surface area contributed by atoms with Gasteiger partial charge in [-0.2, -0.15) is 12.7 Å². The molecule has 0 unspecified atom stereocenters. The van der Waals surface area contributed by atoms with Gasteiger partial charge in [-0.25, -0.2) is 18.9 Å². The maximum Gasteiger partial charge on any atom is 0.308 e. The van der Waals surface area contributed by atoms with Gasteiger partial charge in [-0.05, 0) is 17.7 Å². The molecule has 3 heterocycles. The number of nitrogens with zero attached hydrogens (tertiary/aromatic N) is 6. The zero-order chi connectivity index (χ0) is 31.5. The van der Waals surface area contributed by atoms with E-state index in [2.05, 4.69) is 38.2 Å². The van der Waals surface area contributed by atoms with Gasteiger partial charge in [0.1, 0.15) is 6.61 Å². The van der Waals surface area contributed by atoms with Gasteiger partial charge in [0, 0.05) is 26.1 Å². The highest BCUT2D eigenvalue weighted by molar-refractivity contribution is 7.87. The van der Waals surface area contributed by atoms with E-state index in [1.54, 1.807) is 18.3 Å². The number of carbonyl (C=O) groups excluding carboxylic acids is 1. The van der Waals surface area contributed by atoms with Crippen LogP contribution in [0.1, 0.15) is 36.5 Å². The maximum atomic E-state index is 12.0. The van der Waals surface area contributed by atoms with Crippen molar-refractivity contribution in [2.45, 2.75) is 20.3 Å². The number of allylic oxidation sites excluding steroid dienone is 1. The number of para-hydroxylation sites is 2. The number of hydrogen-bond acceptors (Lipinski definition) is 8. The summed E-state index contributed by atoms with van der Waals surface area (Å²) in [4.78, 5) is 28.5. The van der Waals surface area contributed by atoms with E-state index >= 15 is 0 Å². The van der Waals surface area contributed by atoms with Crippen LogP contribution in [0.15, 0.2) is 108 Å². The molecular weight excluding hydrogens is 576 g/mol. The number of benzene rings is 3. The van der Waals surface area contributed by atoms with E-state index in [0.29, 0.717) is 24.5 Å². The molecule has 0 atom stereocenters. The van der Waals surface area contributed by atoms with E-state index in [1.807, 2.05) is 74.5 Å². The molecule has 2 aromatic heterocycles. The number of imidazole rings is 1.